The van der Waals surface area contributed by atoms with Crippen molar-refractivity contribution >= 4 is 22.4 Å². The number of rotatable bonds is 6. The number of hydrogen-bond donors (Lipinski definition) is 1. The number of nitrogens with one attached hydrogen (secondary N) is 1. The number of fused-ring (bicyclic) bond motifs is 2. The van der Waals surface area contributed by atoms with Crippen LogP contribution in [0, 0.1) is 0 Å². The summed E-state index contributed by atoms with van der Waals surface area (Å²) in [5.41, 5.74) is 2.12. The summed E-state index contributed by atoms with van der Waals surface area (Å²) in [6.07, 6.45) is 3.43. The van der Waals surface area contributed by atoms with E-state index < -0.39 is 0 Å². The van der Waals surface area contributed by atoms with Gasteiger partial charge in [-0.2, -0.15) is 9.78 Å². The number of anilines is 1. The number of ether oxygens (including phenoxy) is 1. The molecule has 5 rings (SSSR count). The van der Waals surface area contributed by atoms with Gasteiger partial charge >= 0.3 is 0 Å². The molecule has 0 spiro atoms. The van der Waals surface area contributed by atoms with Gasteiger partial charge in [-0.05, 0) is 23.6 Å². The molecule has 0 fully saturated rings. The van der Waals surface area contributed by atoms with E-state index in [1.54, 1.807) is 24.1 Å². The van der Waals surface area contributed by atoms with Crippen LogP contribution < -0.4 is 10.9 Å². The number of benzene rings is 3. The van der Waals surface area contributed by atoms with Crippen molar-refractivity contribution < 1.29 is 9.53 Å². The van der Waals surface area contributed by atoms with Crippen LogP contribution in [-0.2, 0) is 11.3 Å². The second-order valence-corrected chi connectivity index (χ2v) is 7.70. The molecule has 1 amide bonds. The number of hydrogen-bond acceptors (Lipinski definition) is 4. The molecular formula is C26H22N4O3. The van der Waals surface area contributed by atoms with Gasteiger partial charge in [-0.15, -0.1) is 0 Å². The molecule has 3 aromatic carbocycles. The fraction of sp³-hybridized carbons (Fsp3) is 0.115. The second-order valence-electron chi connectivity index (χ2n) is 7.70. The molecule has 2 aliphatic rings. The maximum absolute atomic E-state index is 13.4. The first-order valence-corrected chi connectivity index (χ1v) is 10.6. The van der Waals surface area contributed by atoms with Crippen molar-refractivity contribution in [3.05, 3.63) is 101 Å². The lowest BCUT2D eigenvalue weighted by molar-refractivity contribution is 0.102. The molecule has 164 valence electrons. The molecule has 0 saturated heterocycles. The molecular weight excluding hydrogens is 416 g/mol. The minimum absolute atomic E-state index is 0.276. The first kappa shape index (κ1) is 20.7. The van der Waals surface area contributed by atoms with E-state index in [4.69, 9.17) is 4.74 Å². The summed E-state index contributed by atoms with van der Waals surface area (Å²) in [6.45, 7) is 0.943. The maximum Gasteiger partial charge on any atom is 0.282 e. The molecule has 33 heavy (non-hydrogen) atoms. The van der Waals surface area contributed by atoms with Crippen molar-refractivity contribution in [1.29, 1.82) is 0 Å². The monoisotopic (exact) mass is 438 g/mol. The van der Waals surface area contributed by atoms with Crippen molar-refractivity contribution in [2.75, 3.05) is 19.0 Å². The third kappa shape index (κ3) is 3.90. The molecule has 2 aliphatic heterocycles. The summed E-state index contributed by atoms with van der Waals surface area (Å²) in [5.74, 6) is -0.333. The SMILES string of the molecule is COCCn1cc(C(=O)Nc2cccc3ccccc23)c2nn(-c3ccccc3)c(=O)c-2c1. The Kier molecular flexibility index (Phi) is 5.46. The molecule has 0 bridgehead atoms. The molecule has 1 N–H and O–H groups in total. The predicted octanol–water partition coefficient (Wildman–Crippen LogP) is 4.19. The summed E-state index contributed by atoms with van der Waals surface area (Å²) in [5, 5.41) is 9.50. The van der Waals surface area contributed by atoms with Gasteiger partial charge in [0.25, 0.3) is 11.5 Å². The van der Waals surface area contributed by atoms with Gasteiger partial charge in [0, 0.05) is 37.1 Å². The van der Waals surface area contributed by atoms with Crippen LogP contribution in [0.5, 0.6) is 0 Å². The standard InChI is InChI=1S/C26H22N4O3/c1-33-15-14-29-16-21(25(31)27-23-13-7-9-18-8-5-6-12-20(18)23)24-22(17-29)26(32)30(28-24)19-10-3-2-4-11-19/h2-13,16-17H,14-15H2,1H3,(H,27,31). The molecule has 3 aromatic rings. The van der Waals surface area contributed by atoms with Gasteiger partial charge in [0.15, 0.2) is 0 Å². The highest BCUT2D eigenvalue weighted by Gasteiger charge is 2.24. The summed E-state index contributed by atoms with van der Waals surface area (Å²) < 4.78 is 8.31. The molecule has 7 nitrogen and oxygen atoms in total. The zero-order valence-corrected chi connectivity index (χ0v) is 18.1. The van der Waals surface area contributed by atoms with E-state index in [9.17, 15) is 9.59 Å². The predicted molar refractivity (Wildman–Crippen MR) is 128 cm³/mol. The highest BCUT2D eigenvalue weighted by molar-refractivity contribution is 6.11. The zero-order chi connectivity index (χ0) is 22.8. The smallest absolute Gasteiger partial charge is 0.282 e. The normalized spacial score (nSPS) is 11.2. The van der Waals surface area contributed by atoms with Gasteiger partial charge in [-0.1, -0.05) is 54.6 Å². The lowest BCUT2D eigenvalue weighted by atomic mass is 10.1. The van der Waals surface area contributed by atoms with Crippen molar-refractivity contribution in [3.63, 3.8) is 0 Å². The summed E-state index contributed by atoms with van der Waals surface area (Å²) in [7, 11) is 1.61. The van der Waals surface area contributed by atoms with Crippen LogP contribution in [-0.4, -0.2) is 34.0 Å². The molecule has 0 radical (unpaired) electrons. The number of pyridine rings is 1. The average Bonchev–Trinajstić information content (AvgIpc) is 3.19. The quantitative estimate of drug-likeness (QED) is 0.431. The van der Waals surface area contributed by atoms with Crippen LogP contribution in [0.2, 0.25) is 0 Å². The lowest BCUT2D eigenvalue weighted by Gasteiger charge is -2.13. The van der Waals surface area contributed by atoms with E-state index >= 15 is 0 Å². The van der Waals surface area contributed by atoms with E-state index in [-0.39, 0.29) is 11.5 Å². The van der Waals surface area contributed by atoms with Gasteiger partial charge in [0.05, 0.1) is 23.4 Å². The Hall–Kier alpha value is -4.23. The highest BCUT2D eigenvalue weighted by atomic mass is 16.5. The molecule has 0 unspecified atom stereocenters. The van der Waals surface area contributed by atoms with Gasteiger partial charge in [0.2, 0.25) is 0 Å². The lowest BCUT2D eigenvalue weighted by Crippen LogP contribution is -2.18. The highest BCUT2D eigenvalue weighted by Crippen LogP contribution is 2.26. The number of amides is 1. The second kappa shape index (κ2) is 8.72. The number of para-hydroxylation sites is 1. The van der Waals surface area contributed by atoms with Crippen molar-refractivity contribution in [1.82, 2.24) is 14.3 Å². The van der Waals surface area contributed by atoms with Gasteiger partial charge in [-0.25, -0.2) is 0 Å². The fourth-order valence-electron chi connectivity index (χ4n) is 3.92. The molecule has 0 atom stereocenters. The van der Waals surface area contributed by atoms with Gasteiger partial charge in [-0.3, -0.25) is 9.59 Å². The number of carbonyl (C=O) groups excluding carboxylic acids is 1. The van der Waals surface area contributed by atoms with Crippen LogP contribution in [0.25, 0.3) is 27.7 Å². The Balaban J connectivity index is 1.62. The average molecular weight is 438 g/mol. The minimum Gasteiger partial charge on any atom is -0.383 e. The van der Waals surface area contributed by atoms with Crippen molar-refractivity contribution in [2.24, 2.45) is 0 Å². The molecule has 0 aromatic heterocycles. The van der Waals surface area contributed by atoms with Crippen LogP contribution >= 0.6 is 0 Å². The number of carbonyl (C=O) groups is 1. The van der Waals surface area contributed by atoms with E-state index in [2.05, 4.69) is 10.4 Å². The Morgan fingerprint density at radius 2 is 1.73 bits per heavy atom. The number of aromatic nitrogens is 3. The summed E-state index contributed by atoms with van der Waals surface area (Å²) in [6, 6.07) is 22.8. The fourth-order valence-corrected chi connectivity index (χ4v) is 3.92. The van der Waals surface area contributed by atoms with E-state index in [1.165, 1.54) is 4.68 Å². The number of methoxy groups -OCH3 is 1. The first-order chi connectivity index (χ1) is 16.2. The van der Waals surface area contributed by atoms with Crippen LogP contribution in [0.1, 0.15) is 10.4 Å². The third-order valence-corrected chi connectivity index (χ3v) is 5.56. The van der Waals surface area contributed by atoms with Crippen LogP contribution in [0.3, 0.4) is 0 Å². The zero-order valence-electron chi connectivity index (χ0n) is 18.1. The molecule has 2 heterocycles. The Labute approximate surface area is 190 Å². The Morgan fingerprint density at radius 1 is 0.970 bits per heavy atom. The first-order valence-electron chi connectivity index (χ1n) is 10.6. The van der Waals surface area contributed by atoms with E-state index in [0.29, 0.717) is 41.3 Å². The van der Waals surface area contributed by atoms with E-state index in [1.807, 2.05) is 72.8 Å². The number of nitrogens with zero attached hydrogens (tertiary/aromatic N) is 3. The van der Waals surface area contributed by atoms with Crippen molar-refractivity contribution in [2.45, 2.75) is 6.54 Å². The molecule has 7 heteroatoms. The summed E-state index contributed by atoms with van der Waals surface area (Å²) >= 11 is 0. The molecule has 0 saturated carbocycles. The van der Waals surface area contributed by atoms with E-state index in [0.717, 1.165) is 10.8 Å². The molecule has 0 aliphatic carbocycles. The third-order valence-electron chi connectivity index (χ3n) is 5.56. The van der Waals surface area contributed by atoms with Crippen LogP contribution in [0.4, 0.5) is 5.69 Å². The van der Waals surface area contributed by atoms with Gasteiger partial charge in [0.1, 0.15) is 5.69 Å². The van der Waals surface area contributed by atoms with Gasteiger partial charge < -0.3 is 14.6 Å². The Bertz CT molecular complexity index is 1470. The Morgan fingerprint density at radius 3 is 2.55 bits per heavy atom. The minimum atomic E-state index is -0.333. The maximum atomic E-state index is 13.4. The van der Waals surface area contributed by atoms with Crippen molar-refractivity contribution in [3.8, 4) is 16.9 Å². The summed E-state index contributed by atoms with van der Waals surface area (Å²) in [4.78, 5) is 26.6. The largest absolute Gasteiger partial charge is 0.383 e. The van der Waals surface area contributed by atoms with Crippen LogP contribution in [0.15, 0.2) is 90.0 Å². The topological polar surface area (TPSA) is 78.2 Å².